The summed E-state index contributed by atoms with van der Waals surface area (Å²) in [6.45, 7) is 6.16. The SMILES string of the molecule is OP(O)(=S)S.[CH2-]CCCCCCCCCCCCCCC.[Zn+2].[c-]1ccccc1. The molecule has 0 saturated carbocycles. The molecular weight excluding hydrogens is 457 g/mol. The summed E-state index contributed by atoms with van der Waals surface area (Å²) in [5.41, 5.74) is -3.11. The van der Waals surface area contributed by atoms with Gasteiger partial charge in [0.25, 0.3) is 0 Å². The Hall–Kier alpha value is 0.763. The Kier molecular flexibility index (Phi) is 33.1. The van der Waals surface area contributed by atoms with Crippen molar-refractivity contribution < 1.29 is 29.3 Å². The van der Waals surface area contributed by atoms with E-state index in [0.29, 0.717) is 0 Å². The van der Waals surface area contributed by atoms with E-state index in [4.69, 9.17) is 9.79 Å². The van der Waals surface area contributed by atoms with Crippen LogP contribution in [0.1, 0.15) is 96.8 Å². The molecular formula is C22H41O2PS2Zn. The molecule has 1 rings (SSSR count). The van der Waals surface area contributed by atoms with Crippen molar-refractivity contribution in [3.8, 4) is 0 Å². The zero-order chi connectivity index (χ0) is 20.6. The van der Waals surface area contributed by atoms with Gasteiger partial charge in [0.05, 0.1) is 0 Å². The van der Waals surface area contributed by atoms with E-state index >= 15 is 0 Å². The Morgan fingerprint density at radius 1 is 0.786 bits per heavy atom. The molecule has 0 aromatic heterocycles. The van der Waals surface area contributed by atoms with E-state index in [1.165, 1.54) is 83.5 Å². The maximum atomic E-state index is 7.87. The van der Waals surface area contributed by atoms with Gasteiger partial charge in [-0.25, -0.2) is 0 Å². The first kappa shape index (κ1) is 33.4. The van der Waals surface area contributed by atoms with Gasteiger partial charge in [-0.2, -0.15) is 42.8 Å². The number of benzene rings is 1. The Balaban J connectivity index is -0.000000424. The Labute approximate surface area is 198 Å². The van der Waals surface area contributed by atoms with Gasteiger partial charge in [-0.05, 0) is 11.8 Å². The van der Waals surface area contributed by atoms with Crippen LogP contribution >= 0.6 is 17.9 Å². The number of hydrogen-bond acceptors (Lipinski definition) is 1. The quantitative estimate of drug-likeness (QED) is 0.0852. The Bertz CT molecular complexity index is 367. The fraction of sp³-hybridized carbons (Fsp3) is 0.682. The van der Waals surface area contributed by atoms with E-state index in [-0.39, 0.29) is 19.5 Å². The minimum Gasteiger partial charge on any atom is -0.343 e. The third kappa shape index (κ3) is 45.5. The van der Waals surface area contributed by atoms with Crippen LogP contribution in [-0.4, -0.2) is 9.79 Å². The van der Waals surface area contributed by atoms with Gasteiger partial charge >= 0.3 is 19.5 Å². The van der Waals surface area contributed by atoms with Gasteiger partial charge in [-0.15, -0.1) is 0 Å². The molecule has 0 amide bonds. The zero-order valence-electron chi connectivity index (χ0n) is 17.9. The zero-order valence-corrected chi connectivity index (χ0v) is 23.5. The average Bonchev–Trinajstić information content (AvgIpc) is 2.63. The van der Waals surface area contributed by atoms with Crippen molar-refractivity contribution in [2.45, 2.75) is 96.8 Å². The van der Waals surface area contributed by atoms with Gasteiger partial charge in [0, 0.05) is 0 Å². The minimum absolute atomic E-state index is 0. The first-order chi connectivity index (χ1) is 12.9. The van der Waals surface area contributed by atoms with E-state index in [0.717, 1.165) is 6.42 Å². The molecule has 160 valence electrons. The normalized spacial score (nSPS) is 10.0. The summed E-state index contributed by atoms with van der Waals surface area (Å²) in [5.74, 6) is 0. The molecule has 0 fully saturated rings. The van der Waals surface area contributed by atoms with Gasteiger partial charge in [0.15, 0.2) is 0 Å². The summed E-state index contributed by atoms with van der Waals surface area (Å²) in [5, 5.41) is 0. The van der Waals surface area contributed by atoms with Crippen LogP contribution in [0.3, 0.4) is 0 Å². The van der Waals surface area contributed by atoms with Crippen LogP contribution in [0.5, 0.6) is 0 Å². The number of hydrogen-bond donors (Lipinski definition) is 3. The van der Waals surface area contributed by atoms with Gasteiger partial charge in [-0.1, -0.05) is 103 Å². The van der Waals surface area contributed by atoms with Crippen molar-refractivity contribution in [1.82, 2.24) is 0 Å². The summed E-state index contributed by atoms with van der Waals surface area (Å²) in [7, 11) is 0. The van der Waals surface area contributed by atoms with E-state index in [1.807, 2.05) is 30.3 Å². The summed E-state index contributed by atoms with van der Waals surface area (Å²) < 4.78 is 0. The fourth-order valence-electron chi connectivity index (χ4n) is 2.54. The van der Waals surface area contributed by atoms with Crippen molar-refractivity contribution in [2.75, 3.05) is 0 Å². The molecule has 1 aromatic carbocycles. The van der Waals surface area contributed by atoms with Crippen molar-refractivity contribution in [1.29, 1.82) is 0 Å². The topological polar surface area (TPSA) is 40.5 Å². The summed E-state index contributed by atoms with van der Waals surface area (Å²) in [4.78, 5) is 15.7. The van der Waals surface area contributed by atoms with E-state index < -0.39 is 5.69 Å². The second kappa shape index (κ2) is 27.8. The molecule has 2 nitrogen and oxygen atoms in total. The number of thiol groups is 1. The van der Waals surface area contributed by atoms with Crippen LogP contribution in [0.25, 0.3) is 0 Å². The summed E-state index contributed by atoms with van der Waals surface area (Å²) in [6.07, 6.45) is 19.8. The van der Waals surface area contributed by atoms with Crippen LogP contribution in [0, 0.1) is 13.0 Å². The molecule has 28 heavy (non-hydrogen) atoms. The maximum absolute atomic E-state index is 7.87. The smallest absolute Gasteiger partial charge is 0.343 e. The second-order valence-corrected chi connectivity index (χ2v) is 11.7. The van der Waals surface area contributed by atoms with Crippen LogP contribution in [0.15, 0.2) is 30.3 Å². The molecule has 0 aliphatic carbocycles. The summed E-state index contributed by atoms with van der Waals surface area (Å²) in [6, 6.07) is 12.5. The molecule has 2 N–H and O–H groups in total. The van der Waals surface area contributed by atoms with Gasteiger partial charge in [-0.3, -0.25) is 0 Å². The van der Waals surface area contributed by atoms with Crippen LogP contribution < -0.4 is 0 Å². The standard InChI is InChI=1S/C16H33.C6H5.H3O2PS2.Zn/c1-3-5-7-9-11-13-15-16-14-12-10-8-6-4-2;1-2-4-6-5-3-1;1-3(2,4)5;/h1,3-16H2,2H3;1-5H;(H3,1,2,4,5);/q2*-1;;+2. The van der Waals surface area contributed by atoms with Gasteiger partial charge < -0.3 is 16.7 Å². The molecule has 0 saturated heterocycles. The average molecular weight is 498 g/mol. The van der Waals surface area contributed by atoms with Crippen molar-refractivity contribution >= 4 is 29.7 Å². The van der Waals surface area contributed by atoms with Crippen LogP contribution in [0.4, 0.5) is 0 Å². The maximum Gasteiger partial charge on any atom is 2.00 e. The molecule has 6 heteroatoms. The molecule has 0 spiro atoms. The Morgan fingerprint density at radius 3 is 1.32 bits per heavy atom. The van der Waals surface area contributed by atoms with Crippen molar-refractivity contribution in [2.24, 2.45) is 0 Å². The molecule has 1 aromatic rings. The third-order valence-electron chi connectivity index (χ3n) is 3.96. The van der Waals surface area contributed by atoms with E-state index in [2.05, 4.69) is 44.0 Å². The van der Waals surface area contributed by atoms with Crippen molar-refractivity contribution in [3.05, 3.63) is 43.3 Å². The first-order valence-electron chi connectivity index (χ1n) is 10.4. The molecule has 0 aliphatic rings. The monoisotopic (exact) mass is 496 g/mol. The van der Waals surface area contributed by atoms with Gasteiger partial charge in [0.1, 0.15) is 0 Å². The molecule has 0 bridgehead atoms. The van der Waals surface area contributed by atoms with Crippen LogP contribution in [0.2, 0.25) is 0 Å². The number of unbranched alkanes of at least 4 members (excludes halogenated alkanes) is 13. The molecule has 0 radical (unpaired) electrons. The first-order valence-corrected chi connectivity index (χ1v) is 14.3. The fourth-order valence-corrected chi connectivity index (χ4v) is 2.54. The molecule has 0 unspecified atom stereocenters. The van der Waals surface area contributed by atoms with E-state index in [1.54, 1.807) is 0 Å². The predicted molar refractivity (Wildman–Crippen MR) is 129 cm³/mol. The van der Waals surface area contributed by atoms with Crippen LogP contribution in [-0.2, 0) is 31.3 Å². The molecule has 0 heterocycles. The minimum atomic E-state index is -3.11. The van der Waals surface area contributed by atoms with Gasteiger partial charge in [0.2, 0.25) is 5.69 Å². The van der Waals surface area contributed by atoms with E-state index in [9.17, 15) is 0 Å². The second-order valence-electron chi connectivity index (χ2n) is 6.69. The predicted octanol–water partition coefficient (Wildman–Crippen LogP) is 7.91. The molecule has 0 aliphatic heterocycles. The number of rotatable bonds is 13. The Morgan fingerprint density at radius 2 is 1.11 bits per heavy atom. The third-order valence-corrected chi connectivity index (χ3v) is 3.96. The summed E-state index contributed by atoms with van der Waals surface area (Å²) >= 11 is 7.07. The molecule has 0 atom stereocenters. The largest absolute Gasteiger partial charge is 2.00 e. The van der Waals surface area contributed by atoms with Crippen molar-refractivity contribution in [3.63, 3.8) is 0 Å².